The van der Waals surface area contributed by atoms with Gasteiger partial charge in [-0.15, -0.1) is 0 Å². The first kappa shape index (κ1) is 22.1. The van der Waals surface area contributed by atoms with Crippen molar-refractivity contribution in [2.75, 3.05) is 19.6 Å². The van der Waals surface area contributed by atoms with Gasteiger partial charge in [-0.2, -0.15) is 4.31 Å². The molecule has 2 rings (SSSR count). The zero-order chi connectivity index (χ0) is 20.5. The maximum atomic E-state index is 13.7. The number of piperidine rings is 1. The van der Waals surface area contributed by atoms with Gasteiger partial charge in [0, 0.05) is 19.6 Å². The van der Waals surface area contributed by atoms with E-state index in [9.17, 15) is 17.6 Å². The third-order valence-electron chi connectivity index (χ3n) is 4.52. The van der Waals surface area contributed by atoms with Gasteiger partial charge in [-0.1, -0.05) is 6.92 Å². The molecular formula is C18H26BrFN2O4S. The molecule has 0 aromatic heterocycles. The Hall–Kier alpha value is -1.19. The molecule has 0 spiro atoms. The lowest BCUT2D eigenvalue weighted by atomic mass is 9.81. The lowest BCUT2D eigenvalue weighted by Gasteiger charge is -2.38. The lowest BCUT2D eigenvalue weighted by Crippen LogP contribution is -2.47. The van der Waals surface area contributed by atoms with Crippen LogP contribution in [0.1, 0.15) is 40.5 Å². The van der Waals surface area contributed by atoms with Gasteiger partial charge in [0.05, 0.1) is 9.37 Å². The van der Waals surface area contributed by atoms with E-state index in [0.717, 1.165) is 6.07 Å². The summed E-state index contributed by atoms with van der Waals surface area (Å²) in [7, 11) is -3.75. The number of amides is 1. The van der Waals surface area contributed by atoms with Gasteiger partial charge < -0.3 is 10.1 Å². The van der Waals surface area contributed by atoms with E-state index in [1.54, 1.807) is 20.8 Å². The number of carbonyl (C=O) groups excluding carboxylic acids is 1. The Labute approximate surface area is 168 Å². The number of hydrogen-bond acceptors (Lipinski definition) is 4. The van der Waals surface area contributed by atoms with Crippen molar-refractivity contribution < 1.29 is 22.3 Å². The standard InChI is InChI=1S/C18H26BrFN2O4S/c1-17(2,3)26-16(23)21-12-18(4)7-9-22(10-8-18)27(24,25)13-5-6-14(19)15(20)11-13/h5-6,11H,7-10,12H2,1-4H3,(H,21,23). The van der Waals surface area contributed by atoms with Crippen molar-refractivity contribution in [3.05, 3.63) is 28.5 Å². The molecule has 9 heteroatoms. The van der Waals surface area contributed by atoms with Gasteiger partial charge in [0.2, 0.25) is 10.0 Å². The summed E-state index contributed by atoms with van der Waals surface area (Å²) in [5.74, 6) is -0.612. The third kappa shape index (κ3) is 5.89. The molecule has 0 saturated carbocycles. The van der Waals surface area contributed by atoms with Crippen molar-refractivity contribution >= 4 is 32.0 Å². The number of nitrogens with one attached hydrogen (secondary N) is 1. The fourth-order valence-electron chi connectivity index (χ4n) is 2.83. The van der Waals surface area contributed by atoms with Crippen LogP contribution in [-0.4, -0.2) is 44.1 Å². The summed E-state index contributed by atoms with van der Waals surface area (Å²) < 4.78 is 46.0. The molecule has 152 valence electrons. The fraction of sp³-hybridized carbons (Fsp3) is 0.611. The average molecular weight is 465 g/mol. The molecule has 0 aliphatic carbocycles. The number of rotatable bonds is 4. The fourth-order valence-corrected chi connectivity index (χ4v) is 4.53. The molecule has 1 amide bonds. The van der Waals surface area contributed by atoms with Crippen LogP contribution in [0.5, 0.6) is 0 Å². The first-order valence-corrected chi connectivity index (χ1v) is 11.0. The highest BCUT2D eigenvalue weighted by atomic mass is 79.9. The molecule has 1 aromatic carbocycles. The van der Waals surface area contributed by atoms with Gasteiger partial charge in [-0.05, 0) is 73.2 Å². The van der Waals surface area contributed by atoms with Gasteiger partial charge >= 0.3 is 6.09 Å². The second-order valence-electron chi connectivity index (χ2n) is 8.15. The maximum absolute atomic E-state index is 13.7. The average Bonchev–Trinajstić information content (AvgIpc) is 2.54. The van der Waals surface area contributed by atoms with E-state index in [0.29, 0.717) is 32.5 Å². The van der Waals surface area contributed by atoms with Gasteiger partial charge in [0.25, 0.3) is 0 Å². The molecule has 1 aliphatic heterocycles. The van der Waals surface area contributed by atoms with E-state index in [2.05, 4.69) is 21.2 Å². The molecule has 1 saturated heterocycles. The monoisotopic (exact) mass is 464 g/mol. The molecule has 6 nitrogen and oxygen atoms in total. The van der Waals surface area contributed by atoms with Crippen LogP contribution < -0.4 is 5.32 Å². The van der Waals surface area contributed by atoms with Gasteiger partial charge in [-0.3, -0.25) is 0 Å². The molecule has 0 radical (unpaired) electrons. The summed E-state index contributed by atoms with van der Waals surface area (Å²) in [4.78, 5) is 11.8. The Kier molecular flexibility index (Phi) is 6.59. The topological polar surface area (TPSA) is 75.7 Å². The summed E-state index contributed by atoms with van der Waals surface area (Å²) in [6.45, 7) is 8.42. The number of carbonyl (C=O) groups is 1. The minimum atomic E-state index is -3.75. The minimum absolute atomic E-state index is 0.0568. The van der Waals surface area contributed by atoms with Gasteiger partial charge in [0.1, 0.15) is 11.4 Å². The number of nitrogens with zero attached hydrogens (tertiary/aromatic N) is 1. The Morgan fingerprint density at radius 1 is 1.33 bits per heavy atom. The summed E-state index contributed by atoms with van der Waals surface area (Å²) in [6, 6.07) is 3.80. The molecule has 1 fully saturated rings. The van der Waals surface area contributed by atoms with E-state index in [1.165, 1.54) is 16.4 Å². The van der Waals surface area contributed by atoms with Crippen LogP contribution in [0.2, 0.25) is 0 Å². The first-order valence-electron chi connectivity index (χ1n) is 8.75. The number of sulfonamides is 1. The van der Waals surface area contributed by atoms with E-state index < -0.39 is 27.5 Å². The Morgan fingerprint density at radius 2 is 1.93 bits per heavy atom. The normalized spacial score (nSPS) is 18.1. The van der Waals surface area contributed by atoms with Crippen molar-refractivity contribution in [3.63, 3.8) is 0 Å². The highest BCUT2D eigenvalue weighted by molar-refractivity contribution is 9.10. The Bertz CT molecular complexity index is 800. The van der Waals surface area contributed by atoms with Crippen LogP contribution in [-0.2, 0) is 14.8 Å². The predicted octanol–water partition coefficient (Wildman–Crippen LogP) is 3.90. The van der Waals surface area contributed by atoms with E-state index in [-0.39, 0.29) is 14.8 Å². The lowest BCUT2D eigenvalue weighted by molar-refractivity contribution is 0.0484. The zero-order valence-corrected chi connectivity index (χ0v) is 18.4. The molecule has 0 bridgehead atoms. The van der Waals surface area contributed by atoms with E-state index in [4.69, 9.17) is 4.74 Å². The van der Waals surface area contributed by atoms with Crippen LogP contribution in [0.15, 0.2) is 27.6 Å². The van der Waals surface area contributed by atoms with Crippen molar-refractivity contribution in [1.82, 2.24) is 9.62 Å². The van der Waals surface area contributed by atoms with E-state index in [1.807, 2.05) is 6.92 Å². The summed E-state index contributed by atoms with van der Waals surface area (Å²) in [5, 5.41) is 2.76. The summed E-state index contributed by atoms with van der Waals surface area (Å²) in [5.41, 5.74) is -0.795. The molecule has 0 unspecified atom stereocenters. The first-order chi connectivity index (χ1) is 12.3. The Balaban J connectivity index is 1.97. The molecule has 1 aromatic rings. The van der Waals surface area contributed by atoms with Crippen molar-refractivity contribution in [3.8, 4) is 0 Å². The molecule has 1 N–H and O–H groups in total. The largest absolute Gasteiger partial charge is 0.444 e. The second-order valence-corrected chi connectivity index (χ2v) is 10.9. The summed E-state index contributed by atoms with van der Waals surface area (Å²) >= 11 is 3.03. The second kappa shape index (κ2) is 8.05. The van der Waals surface area contributed by atoms with E-state index >= 15 is 0 Å². The number of hydrogen-bond donors (Lipinski definition) is 1. The highest BCUT2D eigenvalue weighted by Crippen LogP contribution is 2.33. The molecule has 1 heterocycles. The van der Waals surface area contributed by atoms with Crippen molar-refractivity contribution in [2.24, 2.45) is 5.41 Å². The number of halogens is 2. The number of benzene rings is 1. The molecule has 1 aliphatic rings. The van der Waals surface area contributed by atoms with Crippen LogP contribution in [0.3, 0.4) is 0 Å². The molecule has 27 heavy (non-hydrogen) atoms. The van der Waals surface area contributed by atoms with Crippen LogP contribution in [0.4, 0.5) is 9.18 Å². The summed E-state index contributed by atoms with van der Waals surface area (Å²) in [6.07, 6.45) is 0.686. The SMILES string of the molecule is CC1(CNC(=O)OC(C)(C)C)CCN(S(=O)(=O)c2ccc(Br)c(F)c2)CC1. The predicted molar refractivity (Wildman–Crippen MR) is 104 cm³/mol. The number of ether oxygens (including phenoxy) is 1. The van der Waals surface area contributed by atoms with Gasteiger partial charge in [-0.25, -0.2) is 17.6 Å². The van der Waals surface area contributed by atoms with Crippen molar-refractivity contribution in [1.29, 1.82) is 0 Å². The minimum Gasteiger partial charge on any atom is -0.444 e. The number of alkyl carbamates (subject to hydrolysis) is 1. The Morgan fingerprint density at radius 3 is 2.44 bits per heavy atom. The maximum Gasteiger partial charge on any atom is 0.407 e. The molecule has 0 atom stereocenters. The highest BCUT2D eigenvalue weighted by Gasteiger charge is 2.36. The third-order valence-corrected chi connectivity index (χ3v) is 7.05. The van der Waals surface area contributed by atoms with Gasteiger partial charge in [0.15, 0.2) is 0 Å². The van der Waals surface area contributed by atoms with Crippen molar-refractivity contribution in [2.45, 2.75) is 51.0 Å². The quantitative estimate of drug-likeness (QED) is 0.732. The van der Waals surface area contributed by atoms with Crippen LogP contribution >= 0.6 is 15.9 Å². The zero-order valence-electron chi connectivity index (χ0n) is 16.0. The van der Waals surface area contributed by atoms with Crippen LogP contribution in [0.25, 0.3) is 0 Å². The molecular weight excluding hydrogens is 439 g/mol. The smallest absolute Gasteiger partial charge is 0.407 e. The van der Waals surface area contributed by atoms with Crippen LogP contribution in [0, 0.1) is 11.2 Å².